The van der Waals surface area contributed by atoms with Gasteiger partial charge in [0, 0.05) is 0 Å². The standard InChI is InChI=1S/C26H44O2/c1-3-4-5-6-7-8-9-10-11-12-13-14-15-16-17-24-18-20-25(21-19-24)27-22-26(2)23-28-26/h18-21H,3-17,22-23H2,1-2H3. The maximum Gasteiger partial charge on any atom is 0.123 e. The summed E-state index contributed by atoms with van der Waals surface area (Å²) in [6.45, 7) is 5.87. The van der Waals surface area contributed by atoms with Crippen LogP contribution in [0.2, 0.25) is 0 Å². The maximum absolute atomic E-state index is 5.79. The van der Waals surface area contributed by atoms with Gasteiger partial charge < -0.3 is 9.47 Å². The van der Waals surface area contributed by atoms with Crippen LogP contribution < -0.4 is 4.74 Å². The molecule has 0 bridgehead atoms. The van der Waals surface area contributed by atoms with Gasteiger partial charge in [0.25, 0.3) is 0 Å². The number of hydrogen-bond donors (Lipinski definition) is 0. The van der Waals surface area contributed by atoms with Crippen LogP contribution in [0, 0.1) is 0 Å². The molecule has 2 nitrogen and oxygen atoms in total. The fourth-order valence-corrected chi connectivity index (χ4v) is 3.72. The number of aryl methyl sites for hydroxylation is 1. The van der Waals surface area contributed by atoms with E-state index < -0.39 is 0 Å². The van der Waals surface area contributed by atoms with Gasteiger partial charge in [0.2, 0.25) is 0 Å². The fourth-order valence-electron chi connectivity index (χ4n) is 3.72. The molecule has 1 aliphatic heterocycles. The van der Waals surface area contributed by atoms with Gasteiger partial charge in [-0.2, -0.15) is 0 Å². The number of ether oxygens (including phenoxy) is 2. The fraction of sp³-hybridized carbons (Fsp3) is 0.769. The highest BCUT2D eigenvalue weighted by Crippen LogP contribution is 2.27. The normalized spacial score (nSPS) is 18.4. The summed E-state index contributed by atoms with van der Waals surface area (Å²) in [5, 5.41) is 0. The lowest BCUT2D eigenvalue weighted by Gasteiger charge is -2.09. The summed E-state index contributed by atoms with van der Waals surface area (Å²) in [5.74, 6) is 0.960. The smallest absolute Gasteiger partial charge is 0.123 e. The zero-order valence-corrected chi connectivity index (χ0v) is 18.6. The minimum Gasteiger partial charge on any atom is -0.491 e. The van der Waals surface area contributed by atoms with Gasteiger partial charge >= 0.3 is 0 Å². The highest BCUT2D eigenvalue weighted by Gasteiger charge is 2.40. The van der Waals surface area contributed by atoms with Gasteiger partial charge in [-0.3, -0.25) is 0 Å². The highest BCUT2D eigenvalue weighted by atomic mass is 16.6. The first-order valence-electron chi connectivity index (χ1n) is 12.1. The van der Waals surface area contributed by atoms with E-state index in [9.17, 15) is 0 Å². The van der Waals surface area contributed by atoms with Crippen molar-refractivity contribution in [2.24, 2.45) is 0 Å². The van der Waals surface area contributed by atoms with Crippen LogP contribution in [-0.4, -0.2) is 18.8 Å². The SMILES string of the molecule is CCCCCCCCCCCCCCCCc1ccc(OCC2(C)CO2)cc1. The van der Waals surface area contributed by atoms with Gasteiger partial charge in [-0.05, 0) is 37.5 Å². The highest BCUT2D eigenvalue weighted by molar-refractivity contribution is 5.27. The predicted molar refractivity (Wildman–Crippen MR) is 120 cm³/mol. The van der Waals surface area contributed by atoms with Crippen molar-refractivity contribution >= 4 is 0 Å². The molecule has 1 unspecified atom stereocenters. The molecule has 2 heteroatoms. The van der Waals surface area contributed by atoms with E-state index in [4.69, 9.17) is 9.47 Å². The number of rotatable bonds is 18. The Kier molecular flexibility index (Phi) is 11.7. The van der Waals surface area contributed by atoms with Crippen LogP contribution in [0.5, 0.6) is 5.75 Å². The summed E-state index contributed by atoms with van der Waals surface area (Å²) in [4.78, 5) is 0. The van der Waals surface area contributed by atoms with E-state index in [0.717, 1.165) is 12.4 Å². The third-order valence-corrected chi connectivity index (χ3v) is 5.92. The maximum atomic E-state index is 5.79. The predicted octanol–water partition coefficient (Wildman–Crippen LogP) is 7.88. The number of unbranched alkanes of at least 4 members (excludes halogenated alkanes) is 13. The largest absolute Gasteiger partial charge is 0.491 e. The summed E-state index contributed by atoms with van der Waals surface area (Å²) in [6, 6.07) is 8.64. The Balaban J connectivity index is 1.35. The van der Waals surface area contributed by atoms with E-state index in [1.807, 2.05) is 0 Å². The minimum absolute atomic E-state index is 0.0348. The molecule has 0 radical (unpaired) electrons. The molecule has 28 heavy (non-hydrogen) atoms. The molecule has 1 aromatic rings. The van der Waals surface area contributed by atoms with Crippen LogP contribution >= 0.6 is 0 Å². The molecule has 0 aliphatic carbocycles. The van der Waals surface area contributed by atoms with Crippen LogP contribution in [0.4, 0.5) is 0 Å². The van der Waals surface area contributed by atoms with Gasteiger partial charge in [-0.1, -0.05) is 103 Å². The molecule has 0 amide bonds. The van der Waals surface area contributed by atoms with E-state index >= 15 is 0 Å². The molecule has 2 rings (SSSR count). The molecular formula is C26H44O2. The molecule has 1 saturated heterocycles. The summed E-state index contributed by atoms with van der Waals surface area (Å²) in [7, 11) is 0. The van der Waals surface area contributed by atoms with E-state index in [0.29, 0.717) is 6.61 Å². The molecule has 0 saturated carbocycles. The Morgan fingerprint density at radius 1 is 0.750 bits per heavy atom. The lowest BCUT2D eigenvalue weighted by molar-refractivity contribution is 0.202. The summed E-state index contributed by atoms with van der Waals surface area (Å²) in [5.41, 5.74) is 1.40. The van der Waals surface area contributed by atoms with Crippen LogP contribution in [0.15, 0.2) is 24.3 Å². The molecule has 160 valence electrons. The lowest BCUT2D eigenvalue weighted by atomic mass is 10.0. The second kappa shape index (κ2) is 14.0. The second-order valence-electron chi connectivity index (χ2n) is 9.02. The van der Waals surface area contributed by atoms with Crippen LogP contribution in [-0.2, 0) is 11.2 Å². The Morgan fingerprint density at radius 3 is 1.68 bits per heavy atom. The number of epoxide rings is 1. The Hall–Kier alpha value is -1.02. The lowest BCUT2D eigenvalue weighted by Crippen LogP contribution is -2.16. The second-order valence-corrected chi connectivity index (χ2v) is 9.02. The first kappa shape index (κ1) is 23.3. The van der Waals surface area contributed by atoms with Crippen LogP contribution in [0.1, 0.15) is 109 Å². The third-order valence-electron chi connectivity index (χ3n) is 5.92. The monoisotopic (exact) mass is 388 g/mol. The average Bonchev–Trinajstić information content (AvgIpc) is 3.45. The van der Waals surface area contributed by atoms with Gasteiger partial charge in [0.05, 0.1) is 6.61 Å². The van der Waals surface area contributed by atoms with Gasteiger partial charge in [-0.15, -0.1) is 0 Å². The third kappa shape index (κ3) is 11.1. The van der Waals surface area contributed by atoms with Crippen LogP contribution in [0.3, 0.4) is 0 Å². The number of benzene rings is 1. The molecule has 0 spiro atoms. The van der Waals surface area contributed by atoms with E-state index in [2.05, 4.69) is 38.1 Å². The van der Waals surface area contributed by atoms with Crippen molar-refractivity contribution in [3.8, 4) is 5.75 Å². The quantitative estimate of drug-likeness (QED) is 0.188. The molecule has 1 fully saturated rings. The van der Waals surface area contributed by atoms with Crippen molar-refractivity contribution in [2.75, 3.05) is 13.2 Å². The molecule has 1 heterocycles. The Labute approximate surface area is 174 Å². The first-order valence-corrected chi connectivity index (χ1v) is 12.1. The zero-order chi connectivity index (χ0) is 19.9. The molecule has 1 aliphatic rings. The van der Waals surface area contributed by atoms with Crippen molar-refractivity contribution in [3.63, 3.8) is 0 Å². The Morgan fingerprint density at radius 2 is 1.21 bits per heavy atom. The summed E-state index contributed by atoms with van der Waals surface area (Å²) in [6.07, 6.45) is 21.1. The van der Waals surface area contributed by atoms with Gasteiger partial charge in [0.1, 0.15) is 18.0 Å². The molecule has 1 aromatic carbocycles. The average molecular weight is 389 g/mol. The summed E-state index contributed by atoms with van der Waals surface area (Å²) >= 11 is 0. The van der Waals surface area contributed by atoms with E-state index in [1.165, 1.54) is 102 Å². The molecule has 0 aromatic heterocycles. The Bertz CT molecular complexity index is 490. The van der Waals surface area contributed by atoms with Gasteiger partial charge in [-0.25, -0.2) is 0 Å². The first-order chi connectivity index (χ1) is 13.7. The van der Waals surface area contributed by atoms with Crippen molar-refractivity contribution in [2.45, 2.75) is 116 Å². The van der Waals surface area contributed by atoms with Crippen molar-refractivity contribution in [1.29, 1.82) is 0 Å². The summed E-state index contributed by atoms with van der Waals surface area (Å²) < 4.78 is 11.1. The van der Waals surface area contributed by atoms with Crippen molar-refractivity contribution in [3.05, 3.63) is 29.8 Å². The van der Waals surface area contributed by atoms with Gasteiger partial charge in [0.15, 0.2) is 0 Å². The van der Waals surface area contributed by atoms with E-state index in [-0.39, 0.29) is 5.60 Å². The van der Waals surface area contributed by atoms with Crippen molar-refractivity contribution < 1.29 is 9.47 Å². The minimum atomic E-state index is -0.0348. The van der Waals surface area contributed by atoms with E-state index in [1.54, 1.807) is 0 Å². The van der Waals surface area contributed by atoms with Crippen molar-refractivity contribution in [1.82, 2.24) is 0 Å². The van der Waals surface area contributed by atoms with Crippen LogP contribution in [0.25, 0.3) is 0 Å². The molecule has 0 N–H and O–H groups in total. The zero-order valence-electron chi connectivity index (χ0n) is 18.6. The number of hydrogen-bond acceptors (Lipinski definition) is 2. The molecular weight excluding hydrogens is 344 g/mol. The molecule has 1 atom stereocenters. The topological polar surface area (TPSA) is 21.8 Å².